The predicted molar refractivity (Wildman–Crippen MR) is 185 cm³/mol. The van der Waals surface area contributed by atoms with E-state index in [1.165, 1.54) is 24.3 Å². The molecule has 0 saturated carbocycles. The van der Waals surface area contributed by atoms with Crippen LogP contribution in [-0.2, 0) is 27.5 Å². The fraction of sp³-hybridized carbons (Fsp3) is 0.242. The molecular weight excluding hydrogens is 763 g/mol. The highest BCUT2D eigenvalue weighted by molar-refractivity contribution is 9.10. The molecule has 4 aromatic rings. The Hall–Kier alpha value is -2.37. The monoisotopic (exact) mass is 789 g/mol. The molecule has 4 aromatic carbocycles. The van der Waals surface area contributed by atoms with E-state index in [9.17, 15) is 22.7 Å². The average Bonchev–Trinajstić information content (AvgIpc) is 2.99. The lowest BCUT2D eigenvalue weighted by molar-refractivity contribution is -0.124. The third-order valence-electron chi connectivity index (χ3n) is 7.24. The summed E-state index contributed by atoms with van der Waals surface area (Å²) in [5.74, 6) is -0.894. The van der Waals surface area contributed by atoms with E-state index >= 15 is 0 Å². The molecule has 1 amide bonds. The Labute approximate surface area is 295 Å². The van der Waals surface area contributed by atoms with Crippen LogP contribution in [0.3, 0.4) is 0 Å². The Morgan fingerprint density at radius 1 is 0.913 bits per heavy atom. The summed E-state index contributed by atoms with van der Waals surface area (Å²) in [6.07, 6.45) is -1.04. The number of sulfone groups is 1. The summed E-state index contributed by atoms with van der Waals surface area (Å²) < 4.78 is 47.8. The van der Waals surface area contributed by atoms with E-state index in [0.717, 1.165) is 22.2 Å². The Kier molecular flexibility index (Phi) is 13.2. The molecular formula is C33H29BrCl4FNO5S. The molecule has 0 aliphatic carbocycles. The SMILES string of the molecule is O=C(COc1ccc(Cl)cc1Cl)N[C@@H](Cc1cccc(Br)c1)[C@H](O)C[C@H](CCc1ccc(Cl)cc1Cl)S(=O)(=O)c1ccc(F)cc1. The summed E-state index contributed by atoms with van der Waals surface area (Å²) in [4.78, 5) is 13.0. The van der Waals surface area contributed by atoms with Gasteiger partial charge in [-0.05, 0) is 104 Å². The van der Waals surface area contributed by atoms with Gasteiger partial charge < -0.3 is 15.2 Å². The third-order valence-corrected chi connectivity index (χ3v) is 11.1. The highest BCUT2D eigenvalue weighted by Crippen LogP contribution is 2.29. The fourth-order valence-corrected chi connectivity index (χ4v) is 8.07. The van der Waals surface area contributed by atoms with Crippen molar-refractivity contribution in [2.45, 2.75) is 48.0 Å². The van der Waals surface area contributed by atoms with Gasteiger partial charge in [-0.1, -0.05) is 80.5 Å². The van der Waals surface area contributed by atoms with Crippen molar-refractivity contribution in [2.24, 2.45) is 0 Å². The normalized spacial score (nSPS) is 13.5. The molecule has 244 valence electrons. The summed E-state index contributed by atoms with van der Waals surface area (Å²) >= 11 is 27.9. The summed E-state index contributed by atoms with van der Waals surface area (Å²) in [5.41, 5.74) is 1.46. The number of rotatable bonds is 14. The number of aryl methyl sites for hydroxylation is 1. The number of carbonyl (C=O) groups excluding carboxylic acids is 1. The van der Waals surface area contributed by atoms with Crippen LogP contribution < -0.4 is 10.1 Å². The lowest BCUT2D eigenvalue weighted by atomic mass is 9.96. The first-order valence-corrected chi connectivity index (χ1v) is 17.9. The van der Waals surface area contributed by atoms with E-state index in [1.54, 1.807) is 24.3 Å². The maximum atomic E-state index is 13.9. The molecule has 0 heterocycles. The number of benzene rings is 4. The molecule has 4 rings (SSSR count). The van der Waals surface area contributed by atoms with Crippen LogP contribution in [0.4, 0.5) is 4.39 Å². The van der Waals surface area contributed by atoms with Crippen LogP contribution in [0.2, 0.25) is 20.1 Å². The van der Waals surface area contributed by atoms with Gasteiger partial charge in [-0.25, -0.2) is 12.8 Å². The Balaban J connectivity index is 1.59. The van der Waals surface area contributed by atoms with Crippen molar-refractivity contribution in [1.82, 2.24) is 5.32 Å². The molecule has 2 N–H and O–H groups in total. The second kappa shape index (κ2) is 16.6. The second-order valence-corrected chi connectivity index (χ2v) is 15.4. The first-order chi connectivity index (χ1) is 21.8. The number of amides is 1. The second-order valence-electron chi connectivity index (χ2n) is 10.6. The Morgan fingerprint density at radius 3 is 2.24 bits per heavy atom. The maximum absolute atomic E-state index is 13.9. The molecule has 0 aliphatic rings. The van der Waals surface area contributed by atoms with Crippen molar-refractivity contribution in [1.29, 1.82) is 0 Å². The molecule has 6 nitrogen and oxygen atoms in total. The quantitative estimate of drug-likeness (QED) is 0.125. The molecule has 3 atom stereocenters. The molecule has 0 bridgehead atoms. The zero-order chi connectivity index (χ0) is 33.4. The number of hydrogen-bond donors (Lipinski definition) is 2. The molecule has 0 radical (unpaired) electrons. The number of halogens is 6. The average molecular weight is 792 g/mol. The van der Waals surface area contributed by atoms with Crippen LogP contribution in [0.25, 0.3) is 0 Å². The number of carbonyl (C=O) groups is 1. The summed E-state index contributed by atoms with van der Waals surface area (Å²) in [7, 11) is -4.07. The van der Waals surface area contributed by atoms with Crippen molar-refractivity contribution >= 4 is 78.1 Å². The molecule has 0 aromatic heterocycles. The van der Waals surface area contributed by atoms with Crippen molar-refractivity contribution in [3.63, 3.8) is 0 Å². The smallest absolute Gasteiger partial charge is 0.258 e. The van der Waals surface area contributed by atoms with E-state index in [0.29, 0.717) is 20.6 Å². The summed E-state index contributed by atoms with van der Waals surface area (Å²) in [5, 5.41) is 14.7. The van der Waals surface area contributed by atoms with Crippen LogP contribution in [0, 0.1) is 5.82 Å². The van der Waals surface area contributed by atoms with E-state index in [4.69, 9.17) is 51.1 Å². The van der Waals surface area contributed by atoms with E-state index < -0.39 is 45.6 Å². The van der Waals surface area contributed by atoms with Gasteiger partial charge in [0, 0.05) is 19.5 Å². The highest BCUT2D eigenvalue weighted by Gasteiger charge is 2.33. The van der Waals surface area contributed by atoms with Crippen molar-refractivity contribution in [3.8, 4) is 5.75 Å². The van der Waals surface area contributed by atoms with Gasteiger partial charge in [0.1, 0.15) is 11.6 Å². The minimum Gasteiger partial charge on any atom is -0.482 e. The lowest BCUT2D eigenvalue weighted by Gasteiger charge is -2.28. The minimum atomic E-state index is -4.07. The molecule has 0 spiro atoms. The number of ether oxygens (including phenoxy) is 1. The van der Waals surface area contributed by atoms with Gasteiger partial charge in [0.2, 0.25) is 0 Å². The molecule has 0 fully saturated rings. The fourth-order valence-electron chi connectivity index (χ4n) is 4.88. The Morgan fingerprint density at radius 2 is 1.59 bits per heavy atom. The molecule has 0 unspecified atom stereocenters. The van der Waals surface area contributed by atoms with Gasteiger partial charge in [0.05, 0.1) is 27.3 Å². The highest BCUT2D eigenvalue weighted by atomic mass is 79.9. The summed E-state index contributed by atoms with van der Waals surface area (Å²) in [6.45, 7) is -0.421. The Bertz CT molecular complexity index is 1780. The largest absolute Gasteiger partial charge is 0.482 e. The van der Waals surface area contributed by atoms with Gasteiger partial charge in [-0.15, -0.1) is 0 Å². The van der Waals surface area contributed by atoms with Crippen LogP contribution >= 0.6 is 62.3 Å². The lowest BCUT2D eigenvalue weighted by Crippen LogP contribution is -2.48. The number of aliphatic hydroxyl groups excluding tert-OH is 1. The third kappa shape index (κ3) is 10.3. The van der Waals surface area contributed by atoms with Crippen LogP contribution in [0.5, 0.6) is 5.75 Å². The van der Waals surface area contributed by atoms with Gasteiger partial charge in [-0.2, -0.15) is 0 Å². The number of aliphatic hydroxyl groups is 1. The van der Waals surface area contributed by atoms with Gasteiger partial charge in [0.15, 0.2) is 16.4 Å². The molecule has 13 heteroatoms. The number of nitrogens with one attached hydrogen (secondary N) is 1. The van der Waals surface area contributed by atoms with Crippen molar-refractivity contribution in [2.75, 3.05) is 6.61 Å². The molecule has 0 saturated heterocycles. The zero-order valence-electron chi connectivity index (χ0n) is 24.1. The maximum Gasteiger partial charge on any atom is 0.258 e. The standard InChI is InChI=1S/C33H29BrCl4FNO5S/c34-22-3-1-2-20(14-22)15-30(40-33(42)19-45-32-13-7-24(36)17-29(32)38)31(41)18-27(10-5-21-4-6-23(35)16-28(21)37)46(43,44)26-11-8-25(39)9-12-26/h1-4,6-9,11-14,16-17,27,30-31,41H,5,10,15,18-19H2,(H,40,42)/t27-,30-,31+/m0/s1. The first kappa shape index (κ1) is 36.5. The van der Waals surface area contributed by atoms with Crippen LogP contribution in [0.1, 0.15) is 24.0 Å². The van der Waals surface area contributed by atoms with Gasteiger partial charge >= 0.3 is 0 Å². The van der Waals surface area contributed by atoms with E-state index in [1.807, 2.05) is 24.3 Å². The van der Waals surface area contributed by atoms with E-state index in [2.05, 4.69) is 21.2 Å². The van der Waals surface area contributed by atoms with E-state index in [-0.39, 0.29) is 41.4 Å². The zero-order valence-corrected chi connectivity index (χ0v) is 29.5. The van der Waals surface area contributed by atoms with Crippen LogP contribution in [-0.4, -0.2) is 43.4 Å². The van der Waals surface area contributed by atoms with Crippen LogP contribution in [0.15, 0.2) is 94.3 Å². The minimum absolute atomic E-state index is 0.0772. The van der Waals surface area contributed by atoms with Gasteiger partial charge in [-0.3, -0.25) is 4.79 Å². The van der Waals surface area contributed by atoms with Crippen molar-refractivity contribution < 1.29 is 27.4 Å². The van der Waals surface area contributed by atoms with Gasteiger partial charge in [0.25, 0.3) is 5.91 Å². The molecule has 46 heavy (non-hydrogen) atoms. The summed E-state index contributed by atoms with van der Waals surface area (Å²) in [6, 6.07) is 20.5. The number of hydrogen-bond acceptors (Lipinski definition) is 5. The topological polar surface area (TPSA) is 92.7 Å². The predicted octanol–water partition coefficient (Wildman–Crippen LogP) is 8.53. The van der Waals surface area contributed by atoms with Crippen molar-refractivity contribution in [3.05, 3.63) is 126 Å². The first-order valence-electron chi connectivity index (χ1n) is 14.0. The molecule has 0 aliphatic heterocycles.